The molecule has 2 heteroatoms. The molecule has 0 aliphatic heterocycles. The van der Waals surface area contributed by atoms with E-state index in [-0.39, 0.29) is 0 Å². The Kier molecular flexibility index (Phi) is 2.58. The van der Waals surface area contributed by atoms with Crippen LogP contribution in [0.25, 0.3) is 10.8 Å². The second-order valence-electron chi connectivity index (χ2n) is 5.20. The maximum absolute atomic E-state index is 11.4. The van der Waals surface area contributed by atoms with Crippen molar-refractivity contribution in [3.05, 3.63) is 41.0 Å². The summed E-state index contributed by atoms with van der Waals surface area (Å²) >= 11 is 0. The quantitative estimate of drug-likeness (QED) is 0.750. The third-order valence-electron chi connectivity index (χ3n) is 3.88. The summed E-state index contributed by atoms with van der Waals surface area (Å²) in [4.78, 5) is 13.5. The number of nitrogens with zero attached hydrogens (tertiary/aromatic N) is 1. The molecule has 0 unspecified atom stereocenters. The molecule has 92 valence electrons. The Balaban J connectivity index is 2.34. The topological polar surface area (TPSA) is 20.3 Å². The second kappa shape index (κ2) is 4.13. The van der Waals surface area contributed by atoms with Gasteiger partial charge in [0.2, 0.25) is 0 Å². The normalized spacial score (nSPS) is 13.7. The molecule has 2 nitrogen and oxygen atoms in total. The summed E-state index contributed by atoms with van der Waals surface area (Å²) in [6, 6.07) is 8.61. The molecule has 0 bridgehead atoms. The number of aldehydes is 1. The molecule has 0 saturated heterocycles. The number of carbonyl (C=O) groups excluding carboxylic acids is 1. The molecule has 3 rings (SSSR count). The van der Waals surface area contributed by atoms with Crippen molar-refractivity contribution in [3.63, 3.8) is 0 Å². The van der Waals surface area contributed by atoms with Gasteiger partial charge in [-0.25, -0.2) is 0 Å². The number of hydrogen-bond acceptors (Lipinski definition) is 2. The van der Waals surface area contributed by atoms with Gasteiger partial charge in [-0.15, -0.1) is 0 Å². The molecule has 2 aromatic carbocycles. The van der Waals surface area contributed by atoms with Crippen LogP contribution in [0.2, 0.25) is 0 Å². The lowest BCUT2D eigenvalue weighted by molar-refractivity contribution is 0.112. The summed E-state index contributed by atoms with van der Waals surface area (Å²) in [5.74, 6) is 0. The van der Waals surface area contributed by atoms with Gasteiger partial charge in [0.25, 0.3) is 0 Å². The minimum atomic E-state index is 0.906. The van der Waals surface area contributed by atoms with Crippen molar-refractivity contribution in [1.29, 1.82) is 0 Å². The number of hydrogen-bond donors (Lipinski definition) is 0. The Morgan fingerprint density at radius 1 is 1.17 bits per heavy atom. The van der Waals surface area contributed by atoms with Gasteiger partial charge in [-0.3, -0.25) is 4.79 Å². The molecular weight excluding hydrogens is 222 g/mol. The zero-order valence-corrected chi connectivity index (χ0v) is 10.9. The molecule has 0 spiro atoms. The number of benzene rings is 2. The summed E-state index contributed by atoms with van der Waals surface area (Å²) in [5.41, 5.74) is 4.68. The maximum Gasteiger partial charge on any atom is 0.150 e. The van der Waals surface area contributed by atoms with Gasteiger partial charge >= 0.3 is 0 Å². The van der Waals surface area contributed by atoms with Crippen LogP contribution in [-0.4, -0.2) is 20.4 Å². The van der Waals surface area contributed by atoms with E-state index in [2.05, 4.69) is 29.2 Å². The number of fused-ring (bicyclic) bond motifs is 2. The zero-order valence-electron chi connectivity index (χ0n) is 10.9. The van der Waals surface area contributed by atoms with Crippen LogP contribution in [0.15, 0.2) is 24.3 Å². The molecule has 0 fully saturated rings. The van der Waals surface area contributed by atoms with Crippen LogP contribution in [0.4, 0.5) is 5.69 Å². The molecule has 0 saturated carbocycles. The molecule has 2 aromatic rings. The van der Waals surface area contributed by atoms with Gasteiger partial charge in [-0.1, -0.05) is 12.1 Å². The van der Waals surface area contributed by atoms with Crippen LogP contribution < -0.4 is 4.90 Å². The summed E-state index contributed by atoms with van der Waals surface area (Å²) in [6.07, 6.45) is 4.37. The van der Waals surface area contributed by atoms with Crippen molar-refractivity contribution >= 4 is 22.7 Å². The maximum atomic E-state index is 11.4. The first-order valence-electron chi connectivity index (χ1n) is 6.41. The minimum Gasteiger partial charge on any atom is -0.378 e. The molecule has 0 aromatic heterocycles. The van der Waals surface area contributed by atoms with E-state index >= 15 is 0 Å². The van der Waals surface area contributed by atoms with E-state index in [4.69, 9.17) is 0 Å². The molecule has 0 amide bonds. The van der Waals surface area contributed by atoms with Crippen LogP contribution >= 0.6 is 0 Å². The van der Waals surface area contributed by atoms with Gasteiger partial charge in [0.05, 0.1) is 0 Å². The van der Waals surface area contributed by atoms with E-state index in [1.807, 2.05) is 14.1 Å². The molecule has 0 atom stereocenters. The van der Waals surface area contributed by atoms with E-state index in [1.54, 1.807) is 0 Å². The fourth-order valence-corrected chi connectivity index (χ4v) is 2.90. The smallest absolute Gasteiger partial charge is 0.150 e. The molecule has 1 aliphatic carbocycles. The van der Waals surface area contributed by atoms with Crippen molar-refractivity contribution in [2.24, 2.45) is 0 Å². The third-order valence-corrected chi connectivity index (χ3v) is 3.88. The summed E-state index contributed by atoms with van der Waals surface area (Å²) in [7, 11) is 4.05. The summed E-state index contributed by atoms with van der Waals surface area (Å²) < 4.78 is 0. The van der Waals surface area contributed by atoms with Gasteiger partial charge in [-0.2, -0.15) is 0 Å². The molecule has 0 radical (unpaired) electrons. The van der Waals surface area contributed by atoms with E-state index in [9.17, 15) is 4.79 Å². The predicted octanol–water partition coefficient (Wildman–Crippen LogP) is 3.21. The fraction of sp³-hybridized carbons (Fsp3) is 0.312. The zero-order chi connectivity index (χ0) is 12.7. The largest absolute Gasteiger partial charge is 0.378 e. The van der Waals surface area contributed by atoms with E-state index in [0.29, 0.717) is 0 Å². The van der Waals surface area contributed by atoms with Crippen molar-refractivity contribution in [1.82, 2.24) is 0 Å². The van der Waals surface area contributed by atoms with Crippen molar-refractivity contribution in [2.75, 3.05) is 19.0 Å². The SMILES string of the molecule is CN(C)c1ccc2cc3c(c(C=O)c2c1)CCC3. The minimum absolute atomic E-state index is 0.906. The first-order chi connectivity index (χ1) is 8.70. The van der Waals surface area contributed by atoms with Gasteiger partial charge in [0, 0.05) is 25.3 Å². The van der Waals surface area contributed by atoms with Crippen LogP contribution in [-0.2, 0) is 12.8 Å². The number of rotatable bonds is 2. The first kappa shape index (κ1) is 11.3. The van der Waals surface area contributed by atoms with Crippen molar-refractivity contribution < 1.29 is 4.79 Å². The van der Waals surface area contributed by atoms with Gasteiger partial charge in [0.15, 0.2) is 6.29 Å². The van der Waals surface area contributed by atoms with E-state index in [0.717, 1.165) is 35.8 Å². The monoisotopic (exact) mass is 239 g/mol. The standard InChI is InChI=1S/C16H17NO/c1-17(2)13-7-6-12-8-11-4-3-5-14(11)16(10-18)15(12)9-13/h6-10H,3-5H2,1-2H3. The summed E-state index contributed by atoms with van der Waals surface area (Å²) in [6.45, 7) is 0. The highest BCUT2D eigenvalue weighted by Crippen LogP contribution is 2.33. The molecular formula is C16H17NO. The summed E-state index contributed by atoms with van der Waals surface area (Å²) in [5, 5.41) is 2.28. The molecule has 0 N–H and O–H groups in total. The highest BCUT2D eigenvalue weighted by Gasteiger charge is 2.17. The average Bonchev–Trinajstić information content (AvgIpc) is 2.82. The number of anilines is 1. The highest BCUT2D eigenvalue weighted by molar-refractivity contribution is 6.01. The Morgan fingerprint density at radius 3 is 2.72 bits per heavy atom. The third kappa shape index (κ3) is 1.60. The van der Waals surface area contributed by atoms with E-state index < -0.39 is 0 Å². The fourth-order valence-electron chi connectivity index (χ4n) is 2.90. The number of aryl methyl sites for hydroxylation is 1. The van der Waals surface area contributed by atoms with E-state index in [1.165, 1.54) is 22.9 Å². The van der Waals surface area contributed by atoms with Crippen molar-refractivity contribution in [3.8, 4) is 0 Å². The Morgan fingerprint density at radius 2 is 2.00 bits per heavy atom. The lowest BCUT2D eigenvalue weighted by atomic mass is 9.96. The Hall–Kier alpha value is -1.83. The Labute approximate surface area is 107 Å². The highest BCUT2D eigenvalue weighted by atomic mass is 16.1. The average molecular weight is 239 g/mol. The number of carbonyl (C=O) groups is 1. The molecule has 1 aliphatic rings. The van der Waals surface area contributed by atoms with Gasteiger partial charge in [0.1, 0.15) is 0 Å². The van der Waals surface area contributed by atoms with Crippen LogP contribution in [0, 0.1) is 0 Å². The Bertz CT molecular complexity index is 629. The van der Waals surface area contributed by atoms with Crippen LogP contribution in [0.3, 0.4) is 0 Å². The molecule has 18 heavy (non-hydrogen) atoms. The lowest BCUT2D eigenvalue weighted by Crippen LogP contribution is -2.08. The molecule has 0 heterocycles. The predicted molar refractivity (Wildman–Crippen MR) is 75.7 cm³/mol. The first-order valence-corrected chi connectivity index (χ1v) is 6.41. The second-order valence-corrected chi connectivity index (χ2v) is 5.20. The van der Waals surface area contributed by atoms with Crippen molar-refractivity contribution in [2.45, 2.75) is 19.3 Å². The lowest BCUT2D eigenvalue weighted by Gasteiger charge is -2.15. The van der Waals surface area contributed by atoms with Gasteiger partial charge < -0.3 is 4.90 Å². The van der Waals surface area contributed by atoms with Crippen LogP contribution in [0.5, 0.6) is 0 Å². The van der Waals surface area contributed by atoms with Crippen LogP contribution in [0.1, 0.15) is 27.9 Å². The van der Waals surface area contributed by atoms with Gasteiger partial charge in [-0.05, 0) is 53.3 Å².